The summed E-state index contributed by atoms with van der Waals surface area (Å²) in [6, 6.07) is 15.6. The number of imidazole rings is 1. The van der Waals surface area contributed by atoms with E-state index in [0.29, 0.717) is 30.3 Å². The number of ether oxygens (including phenoxy) is 1. The van der Waals surface area contributed by atoms with Gasteiger partial charge in [0, 0.05) is 14.1 Å². The zero-order valence-corrected chi connectivity index (χ0v) is 19.1. The van der Waals surface area contributed by atoms with Crippen LogP contribution in [0.25, 0.3) is 11.2 Å². The van der Waals surface area contributed by atoms with Gasteiger partial charge in [0.25, 0.3) is 5.56 Å². The Bertz CT molecular complexity index is 1430. The Morgan fingerprint density at radius 1 is 1.03 bits per heavy atom. The fourth-order valence-electron chi connectivity index (χ4n) is 3.54. The number of fused-ring (bicyclic) bond motifs is 1. The number of nitrogens with zero attached hydrogens (tertiary/aromatic N) is 5. The van der Waals surface area contributed by atoms with Crippen molar-refractivity contribution < 1.29 is 4.74 Å². The molecule has 0 aliphatic heterocycles. The molecule has 0 aliphatic carbocycles. The summed E-state index contributed by atoms with van der Waals surface area (Å²) < 4.78 is 9.65. The Kier molecular flexibility index (Phi) is 6.12. The zero-order valence-electron chi connectivity index (χ0n) is 19.1. The number of anilines is 1. The average Bonchev–Trinajstić information content (AvgIpc) is 3.17. The summed E-state index contributed by atoms with van der Waals surface area (Å²) in [6.45, 7) is 4.95. The van der Waals surface area contributed by atoms with Gasteiger partial charge in [0.1, 0.15) is 5.75 Å². The second-order valence-electron chi connectivity index (χ2n) is 7.76. The Hall–Kier alpha value is -4.14. The number of hydrogen-bond acceptors (Lipinski definition) is 6. The molecule has 0 fully saturated rings. The minimum absolute atomic E-state index is 0.300. The standard InChI is InChI=1S/C24H26N6O3/c1-5-33-19-12-10-17(11-13-19)14-25-27-23-26-21-20(22(31)29(4)24(32)28(21)3)30(23)15-18-8-6-16(2)7-9-18/h6-14H,5,15H2,1-4H3,(H,26,27)/b25-14+. The van der Waals surface area contributed by atoms with Gasteiger partial charge >= 0.3 is 5.69 Å². The van der Waals surface area contributed by atoms with Crippen molar-refractivity contribution >= 4 is 23.3 Å². The zero-order chi connectivity index (χ0) is 23.5. The molecule has 0 bridgehead atoms. The summed E-state index contributed by atoms with van der Waals surface area (Å²) in [7, 11) is 3.06. The third-order valence-electron chi connectivity index (χ3n) is 5.38. The van der Waals surface area contributed by atoms with Crippen LogP contribution in [0.2, 0.25) is 0 Å². The summed E-state index contributed by atoms with van der Waals surface area (Å²) >= 11 is 0. The molecule has 2 aromatic heterocycles. The van der Waals surface area contributed by atoms with E-state index in [1.54, 1.807) is 17.8 Å². The largest absolute Gasteiger partial charge is 0.494 e. The van der Waals surface area contributed by atoms with Crippen LogP contribution in [0.1, 0.15) is 23.6 Å². The Morgan fingerprint density at radius 2 is 1.73 bits per heavy atom. The van der Waals surface area contributed by atoms with Crippen molar-refractivity contribution in [2.75, 3.05) is 12.0 Å². The molecular weight excluding hydrogens is 420 g/mol. The van der Waals surface area contributed by atoms with Crippen LogP contribution in [-0.4, -0.2) is 31.5 Å². The summed E-state index contributed by atoms with van der Waals surface area (Å²) in [5, 5.41) is 4.31. The van der Waals surface area contributed by atoms with Gasteiger partial charge in [-0.3, -0.25) is 18.5 Å². The number of aromatic nitrogens is 4. The van der Waals surface area contributed by atoms with Crippen LogP contribution < -0.4 is 21.4 Å². The molecule has 2 aromatic carbocycles. The van der Waals surface area contributed by atoms with Gasteiger partial charge in [-0.1, -0.05) is 29.8 Å². The predicted molar refractivity (Wildman–Crippen MR) is 129 cm³/mol. The van der Waals surface area contributed by atoms with Crippen molar-refractivity contribution in [2.24, 2.45) is 19.2 Å². The van der Waals surface area contributed by atoms with E-state index < -0.39 is 11.2 Å². The van der Waals surface area contributed by atoms with E-state index >= 15 is 0 Å². The Balaban J connectivity index is 1.73. The van der Waals surface area contributed by atoms with E-state index in [2.05, 4.69) is 15.5 Å². The van der Waals surface area contributed by atoms with Crippen LogP contribution >= 0.6 is 0 Å². The lowest BCUT2D eigenvalue weighted by Gasteiger charge is -2.09. The van der Waals surface area contributed by atoms with Gasteiger partial charge in [0.2, 0.25) is 5.95 Å². The van der Waals surface area contributed by atoms with E-state index in [4.69, 9.17) is 4.74 Å². The smallest absolute Gasteiger partial charge is 0.332 e. The molecule has 0 radical (unpaired) electrons. The molecule has 0 saturated heterocycles. The van der Waals surface area contributed by atoms with Crippen molar-refractivity contribution in [1.82, 2.24) is 18.7 Å². The molecule has 0 saturated carbocycles. The molecule has 2 heterocycles. The second kappa shape index (κ2) is 9.15. The van der Waals surface area contributed by atoms with Gasteiger partial charge < -0.3 is 4.74 Å². The van der Waals surface area contributed by atoms with Crippen LogP contribution in [0.4, 0.5) is 5.95 Å². The fourth-order valence-corrected chi connectivity index (χ4v) is 3.54. The minimum Gasteiger partial charge on any atom is -0.494 e. The highest BCUT2D eigenvalue weighted by atomic mass is 16.5. The first-order valence-corrected chi connectivity index (χ1v) is 10.6. The lowest BCUT2D eigenvalue weighted by Crippen LogP contribution is -2.37. The van der Waals surface area contributed by atoms with E-state index in [1.165, 1.54) is 11.6 Å². The monoisotopic (exact) mass is 446 g/mol. The molecule has 1 N–H and O–H groups in total. The van der Waals surface area contributed by atoms with Gasteiger partial charge in [-0.05, 0) is 49.2 Å². The SMILES string of the molecule is CCOc1ccc(/C=N/Nc2nc3c(c(=O)n(C)c(=O)n3C)n2Cc2ccc(C)cc2)cc1. The molecule has 0 aliphatic rings. The molecule has 0 amide bonds. The quantitative estimate of drug-likeness (QED) is 0.348. The van der Waals surface area contributed by atoms with Gasteiger partial charge in [-0.25, -0.2) is 10.2 Å². The van der Waals surface area contributed by atoms with E-state index in [1.807, 2.05) is 62.4 Å². The highest BCUT2D eigenvalue weighted by molar-refractivity contribution is 5.80. The van der Waals surface area contributed by atoms with Crippen LogP contribution in [0.15, 0.2) is 63.2 Å². The molecule has 0 spiro atoms. The van der Waals surface area contributed by atoms with Crippen LogP contribution in [-0.2, 0) is 20.6 Å². The molecule has 9 nitrogen and oxygen atoms in total. The summed E-state index contributed by atoms with van der Waals surface area (Å²) in [4.78, 5) is 29.9. The van der Waals surface area contributed by atoms with E-state index in [-0.39, 0.29) is 0 Å². The Labute approximate surface area is 190 Å². The summed E-state index contributed by atoms with van der Waals surface area (Å²) in [5.41, 5.74) is 5.75. The molecule has 170 valence electrons. The molecule has 4 aromatic rings. The van der Waals surface area contributed by atoms with Gasteiger partial charge in [0.15, 0.2) is 11.2 Å². The molecule has 0 atom stereocenters. The lowest BCUT2D eigenvalue weighted by molar-refractivity contribution is 0.340. The first-order chi connectivity index (χ1) is 15.9. The number of rotatable bonds is 7. The second-order valence-corrected chi connectivity index (χ2v) is 7.76. The highest BCUT2D eigenvalue weighted by Crippen LogP contribution is 2.18. The van der Waals surface area contributed by atoms with Crippen molar-refractivity contribution in [2.45, 2.75) is 20.4 Å². The fraction of sp³-hybridized carbons (Fsp3) is 0.250. The molecule has 4 rings (SSSR count). The lowest BCUT2D eigenvalue weighted by atomic mass is 10.1. The third kappa shape index (κ3) is 4.43. The number of hydrazone groups is 1. The van der Waals surface area contributed by atoms with Crippen molar-refractivity contribution in [3.8, 4) is 5.75 Å². The van der Waals surface area contributed by atoms with Crippen molar-refractivity contribution in [3.05, 3.63) is 86.1 Å². The minimum atomic E-state index is -0.433. The average molecular weight is 447 g/mol. The van der Waals surface area contributed by atoms with Crippen LogP contribution in [0.3, 0.4) is 0 Å². The number of nitrogens with one attached hydrogen (secondary N) is 1. The topological polar surface area (TPSA) is 95.4 Å². The maximum absolute atomic E-state index is 13.0. The number of benzene rings is 2. The van der Waals surface area contributed by atoms with Gasteiger partial charge in [-0.15, -0.1) is 0 Å². The summed E-state index contributed by atoms with van der Waals surface area (Å²) in [5.74, 6) is 1.16. The predicted octanol–water partition coefficient (Wildman–Crippen LogP) is 2.64. The van der Waals surface area contributed by atoms with E-state index in [0.717, 1.165) is 27.0 Å². The van der Waals surface area contributed by atoms with Crippen molar-refractivity contribution in [3.63, 3.8) is 0 Å². The Morgan fingerprint density at radius 3 is 2.39 bits per heavy atom. The molecule has 33 heavy (non-hydrogen) atoms. The first-order valence-electron chi connectivity index (χ1n) is 10.6. The third-order valence-corrected chi connectivity index (χ3v) is 5.38. The maximum atomic E-state index is 13.0. The molecule has 0 unspecified atom stereocenters. The molecule has 9 heteroatoms. The van der Waals surface area contributed by atoms with E-state index in [9.17, 15) is 9.59 Å². The molecular formula is C24H26N6O3. The maximum Gasteiger partial charge on any atom is 0.332 e. The first kappa shape index (κ1) is 22.1. The van der Waals surface area contributed by atoms with Crippen LogP contribution in [0, 0.1) is 6.92 Å². The highest BCUT2D eigenvalue weighted by Gasteiger charge is 2.19. The van der Waals surface area contributed by atoms with Gasteiger partial charge in [-0.2, -0.15) is 10.1 Å². The number of aryl methyl sites for hydroxylation is 2. The normalized spacial score (nSPS) is 11.4. The van der Waals surface area contributed by atoms with Gasteiger partial charge in [0.05, 0.1) is 19.4 Å². The van der Waals surface area contributed by atoms with Crippen LogP contribution in [0.5, 0.6) is 5.75 Å². The summed E-state index contributed by atoms with van der Waals surface area (Å²) in [6.07, 6.45) is 1.66. The number of hydrogen-bond donors (Lipinski definition) is 1. The van der Waals surface area contributed by atoms with Crippen molar-refractivity contribution in [1.29, 1.82) is 0 Å².